The Balaban J connectivity index is 1.63. The molecule has 1 amide bonds. The molecule has 0 spiro atoms. The van der Waals surface area contributed by atoms with E-state index in [4.69, 9.17) is 4.74 Å². The van der Waals surface area contributed by atoms with Crippen LogP contribution in [0.4, 0.5) is 4.39 Å². The van der Waals surface area contributed by atoms with Crippen LogP contribution in [-0.4, -0.2) is 26.1 Å². The van der Waals surface area contributed by atoms with Crippen LogP contribution in [-0.2, 0) is 17.8 Å². The van der Waals surface area contributed by atoms with Gasteiger partial charge in [0.1, 0.15) is 11.6 Å². The molecular formula is C18H21FN2O2. The molecule has 122 valence electrons. The molecule has 0 saturated heterocycles. The number of benzene rings is 2. The van der Waals surface area contributed by atoms with Crippen molar-refractivity contribution in [3.63, 3.8) is 0 Å². The van der Waals surface area contributed by atoms with Crippen molar-refractivity contribution in [2.24, 2.45) is 0 Å². The largest absolute Gasteiger partial charge is 0.497 e. The van der Waals surface area contributed by atoms with Gasteiger partial charge in [-0.05, 0) is 36.7 Å². The average Bonchev–Trinajstić information content (AvgIpc) is 2.58. The Labute approximate surface area is 135 Å². The van der Waals surface area contributed by atoms with Crippen molar-refractivity contribution in [2.75, 3.05) is 20.2 Å². The number of rotatable bonds is 8. The SMILES string of the molecule is COc1ccc(CCNCC(=O)NCc2ccccc2F)cc1. The van der Waals surface area contributed by atoms with E-state index in [2.05, 4.69) is 10.6 Å². The highest BCUT2D eigenvalue weighted by atomic mass is 19.1. The summed E-state index contributed by atoms with van der Waals surface area (Å²) in [5, 5.41) is 5.77. The van der Waals surface area contributed by atoms with E-state index in [1.54, 1.807) is 25.3 Å². The molecule has 0 atom stereocenters. The minimum atomic E-state index is -0.305. The Morgan fingerprint density at radius 1 is 1.13 bits per heavy atom. The zero-order valence-corrected chi connectivity index (χ0v) is 13.1. The third-order valence-electron chi connectivity index (χ3n) is 3.47. The first-order chi connectivity index (χ1) is 11.2. The number of carbonyl (C=O) groups is 1. The number of hydrogen-bond acceptors (Lipinski definition) is 3. The molecule has 4 nitrogen and oxygen atoms in total. The summed E-state index contributed by atoms with van der Waals surface area (Å²) in [5.74, 6) is 0.373. The van der Waals surface area contributed by atoms with Gasteiger partial charge in [0.2, 0.25) is 5.91 Å². The predicted molar refractivity (Wildman–Crippen MR) is 87.8 cm³/mol. The number of halogens is 1. The molecule has 0 aliphatic carbocycles. The molecule has 23 heavy (non-hydrogen) atoms. The van der Waals surface area contributed by atoms with Gasteiger partial charge in [-0.1, -0.05) is 30.3 Å². The lowest BCUT2D eigenvalue weighted by atomic mass is 10.1. The zero-order chi connectivity index (χ0) is 16.5. The standard InChI is InChI=1S/C18H21FN2O2/c1-23-16-8-6-14(7-9-16)10-11-20-13-18(22)21-12-15-4-2-3-5-17(15)19/h2-9,20H,10-13H2,1H3,(H,21,22). The number of carbonyl (C=O) groups excluding carboxylic acids is 1. The second-order valence-electron chi connectivity index (χ2n) is 5.14. The van der Waals surface area contributed by atoms with E-state index in [9.17, 15) is 9.18 Å². The number of amides is 1. The zero-order valence-electron chi connectivity index (χ0n) is 13.1. The molecule has 2 aromatic carbocycles. The van der Waals surface area contributed by atoms with E-state index < -0.39 is 0 Å². The Morgan fingerprint density at radius 2 is 1.87 bits per heavy atom. The molecule has 5 heteroatoms. The highest BCUT2D eigenvalue weighted by Gasteiger charge is 2.04. The first-order valence-corrected chi connectivity index (χ1v) is 7.53. The van der Waals surface area contributed by atoms with Crippen LogP contribution in [0.2, 0.25) is 0 Å². The molecule has 0 aliphatic heterocycles. The maximum Gasteiger partial charge on any atom is 0.234 e. The van der Waals surface area contributed by atoms with Gasteiger partial charge in [0, 0.05) is 12.1 Å². The first-order valence-electron chi connectivity index (χ1n) is 7.53. The molecular weight excluding hydrogens is 295 g/mol. The van der Waals surface area contributed by atoms with Gasteiger partial charge in [0.25, 0.3) is 0 Å². The van der Waals surface area contributed by atoms with Crippen LogP contribution in [0.3, 0.4) is 0 Å². The second-order valence-corrected chi connectivity index (χ2v) is 5.14. The van der Waals surface area contributed by atoms with Crippen LogP contribution in [0.5, 0.6) is 5.75 Å². The van der Waals surface area contributed by atoms with Gasteiger partial charge in [-0.2, -0.15) is 0 Å². The smallest absolute Gasteiger partial charge is 0.234 e. The molecule has 0 bridgehead atoms. The van der Waals surface area contributed by atoms with Crippen LogP contribution in [0.25, 0.3) is 0 Å². The Kier molecular flexibility index (Phi) is 6.56. The fourth-order valence-electron chi connectivity index (χ4n) is 2.12. The molecule has 2 aromatic rings. The third kappa shape index (κ3) is 5.71. The maximum atomic E-state index is 13.4. The molecule has 0 unspecified atom stereocenters. The highest BCUT2D eigenvalue weighted by molar-refractivity contribution is 5.77. The molecule has 2 rings (SSSR count). The first kappa shape index (κ1) is 17.0. The van der Waals surface area contributed by atoms with Gasteiger partial charge in [-0.25, -0.2) is 4.39 Å². The molecule has 2 N–H and O–H groups in total. The van der Waals surface area contributed by atoms with Crippen LogP contribution in [0.1, 0.15) is 11.1 Å². The van der Waals surface area contributed by atoms with Gasteiger partial charge in [-0.3, -0.25) is 4.79 Å². The minimum absolute atomic E-state index is 0.150. The summed E-state index contributed by atoms with van der Waals surface area (Å²) in [6.07, 6.45) is 0.824. The minimum Gasteiger partial charge on any atom is -0.497 e. The molecule has 0 fully saturated rings. The number of nitrogens with one attached hydrogen (secondary N) is 2. The van der Waals surface area contributed by atoms with Gasteiger partial charge in [0.15, 0.2) is 0 Å². The Hall–Kier alpha value is -2.40. The van der Waals surface area contributed by atoms with Crippen molar-refractivity contribution in [3.8, 4) is 5.75 Å². The van der Waals surface area contributed by atoms with Gasteiger partial charge in [0.05, 0.1) is 13.7 Å². The molecule has 0 aliphatic rings. The Morgan fingerprint density at radius 3 is 2.57 bits per heavy atom. The average molecular weight is 316 g/mol. The van der Waals surface area contributed by atoms with Crippen molar-refractivity contribution in [1.29, 1.82) is 0 Å². The van der Waals surface area contributed by atoms with Crippen LogP contribution in [0.15, 0.2) is 48.5 Å². The summed E-state index contributed by atoms with van der Waals surface area (Å²) in [4.78, 5) is 11.7. The lowest BCUT2D eigenvalue weighted by Crippen LogP contribution is -2.34. The number of hydrogen-bond donors (Lipinski definition) is 2. The quantitative estimate of drug-likeness (QED) is 0.735. The summed E-state index contributed by atoms with van der Waals surface area (Å²) < 4.78 is 18.5. The van der Waals surface area contributed by atoms with Crippen molar-refractivity contribution in [3.05, 3.63) is 65.5 Å². The van der Waals surface area contributed by atoms with E-state index in [1.807, 2.05) is 24.3 Å². The number of methoxy groups -OCH3 is 1. The van der Waals surface area contributed by atoms with E-state index in [0.717, 1.165) is 12.2 Å². The van der Waals surface area contributed by atoms with Crippen molar-refractivity contribution in [1.82, 2.24) is 10.6 Å². The molecule has 0 aromatic heterocycles. The van der Waals surface area contributed by atoms with E-state index in [1.165, 1.54) is 11.6 Å². The molecule has 0 saturated carbocycles. The van der Waals surface area contributed by atoms with Crippen LogP contribution < -0.4 is 15.4 Å². The van der Waals surface area contributed by atoms with Crippen molar-refractivity contribution >= 4 is 5.91 Å². The van der Waals surface area contributed by atoms with Gasteiger partial charge >= 0.3 is 0 Å². The van der Waals surface area contributed by atoms with Crippen molar-refractivity contribution in [2.45, 2.75) is 13.0 Å². The second kappa shape index (κ2) is 8.90. The number of ether oxygens (including phenoxy) is 1. The third-order valence-corrected chi connectivity index (χ3v) is 3.47. The topological polar surface area (TPSA) is 50.4 Å². The lowest BCUT2D eigenvalue weighted by molar-refractivity contribution is -0.120. The van der Waals surface area contributed by atoms with E-state index in [0.29, 0.717) is 12.1 Å². The van der Waals surface area contributed by atoms with E-state index >= 15 is 0 Å². The van der Waals surface area contributed by atoms with Crippen LogP contribution in [0, 0.1) is 5.82 Å². The summed E-state index contributed by atoms with van der Waals surface area (Å²) in [6, 6.07) is 14.2. The maximum absolute atomic E-state index is 13.4. The monoisotopic (exact) mass is 316 g/mol. The summed E-state index contributed by atoms with van der Waals surface area (Å²) >= 11 is 0. The fourth-order valence-corrected chi connectivity index (χ4v) is 2.12. The predicted octanol–water partition coefficient (Wildman–Crippen LogP) is 2.28. The van der Waals surface area contributed by atoms with Crippen LogP contribution >= 0.6 is 0 Å². The fraction of sp³-hybridized carbons (Fsp3) is 0.278. The van der Waals surface area contributed by atoms with E-state index in [-0.39, 0.29) is 24.8 Å². The lowest BCUT2D eigenvalue weighted by Gasteiger charge is -2.08. The summed E-state index contributed by atoms with van der Waals surface area (Å²) in [7, 11) is 1.64. The Bertz CT molecular complexity index is 629. The van der Waals surface area contributed by atoms with Gasteiger partial charge < -0.3 is 15.4 Å². The normalized spacial score (nSPS) is 10.3. The van der Waals surface area contributed by atoms with Gasteiger partial charge in [-0.15, -0.1) is 0 Å². The van der Waals surface area contributed by atoms with Crippen molar-refractivity contribution < 1.29 is 13.9 Å². The molecule has 0 heterocycles. The summed E-state index contributed by atoms with van der Waals surface area (Å²) in [6.45, 7) is 1.11. The molecule has 0 radical (unpaired) electrons. The highest BCUT2D eigenvalue weighted by Crippen LogP contribution is 2.11. The summed E-state index contributed by atoms with van der Waals surface area (Å²) in [5.41, 5.74) is 1.66.